The molecular weight excluding hydrogens is 621 g/mol. The van der Waals surface area contributed by atoms with Gasteiger partial charge in [-0.1, -0.05) is 33.4 Å². The Labute approximate surface area is 267 Å². The van der Waals surface area contributed by atoms with E-state index in [9.17, 15) is 0 Å². The number of benzene rings is 2. The first-order valence-electron chi connectivity index (χ1n) is 15.4. The van der Waals surface area contributed by atoms with Crippen molar-refractivity contribution < 1.29 is 4.74 Å². The van der Waals surface area contributed by atoms with Crippen molar-refractivity contribution in [2.24, 2.45) is 0 Å². The number of aromatic nitrogens is 2. The van der Waals surface area contributed by atoms with Crippen LogP contribution in [0.15, 0.2) is 41.0 Å². The van der Waals surface area contributed by atoms with Gasteiger partial charge in [0.2, 0.25) is 5.95 Å². The van der Waals surface area contributed by atoms with Gasteiger partial charge in [-0.2, -0.15) is 4.98 Å². The molecule has 2 N–H and O–H groups in total. The fourth-order valence-corrected chi connectivity index (χ4v) is 7.49. The summed E-state index contributed by atoms with van der Waals surface area (Å²) in [5.74, 6) is 2.40. The second kappa shape index (κ2) is 14.1. The van der Waals surface area contributed by atoms with E-state index in [0.29, 0.717) is 17.9 Å². The van der Waals surface area contributed by atoms with Crippen molar-refractivity contribution in [1.29, 1.82) is 0 Å². The Hall–Kier alpha value is -2.45. The van der Waals surface area contributed by atoms with Gasteiger partial charge in [0.15, 0.2) is 0 Å². The Bertz CT molecular complexity index is 1400. The summed E-state index contributed by atoms with van der Waals surface area (Å²) in [4.78, 5) is 17.1. The average Bonchev–Trinajstić information content (AvgIpc) is 2.99. The lowest BCUT2D eigenvalue weighted by Crippen LogP contribution is -2.52. The zero-order chi connectivity index (χ0) is 30.7. The van der Waals surface area contributed by atoms with E-state index in [4.69, 9.17) is 9.72 Å². The zero-order valence-corrected chi connectivity index (χ0v) is 29.2. The number of halogens is 1. The lowest BCUT2D eigenvalue weighted by atomic mass is 9.96. The molecule has 232 valence electrons. The summed E-state index contributed by atoms with van der Waals surface area (Å²) in [6.45, 7) is 18.1. The van der Waals surface area contributed by atoms with Gasteiger partial charge >= 0.3 is 0 Å². The predicted octanol–water partition coefficient (Wildman–Crippen LogP) is 6.75. The SMILES string of the molecule is COc1cc(N2CCC(N3CCN(C)CC3)CC2)c(C(C)C)cc1Nc1ncc(Br)c(Nc2ccc(C)cc2P(C)C)n1. The molecule has 2 aromatic carbocycles. The van der Waals surface area contributed by atoms with Gasteiger partial charge in [-0.15, -0.1) is 0 Å². The summed E-state index contributed by atoms with van der Waals surface area (Å²) in [6.07, 6.45) is 4.19. The van der Waals surface area contributed by atoms with Crippen LogP contribution in [0.4, 0.5) is 28.8 Å². The number of hydrogen-bond acceptors (Lipinski definition) is 8. The molecule has 43 heavy (non-hydrogen) atoms. The van der Waals surface area contributed by atoms with Gasteiger partial charge in [-0.25, -0.2) is 4.98 Å². The molecule has 2 fully saturated rings. The summed E-state index contributed by atoms with van der Waals surface area (Å²) in [5.41, 5.74) is 5.79. The highest BCUT2D eigenvalue weighted by molar-refractivity contribution is 9.10. The van der Waals surface area contributed by atoms with E-state index in [1.54, 1.807) is 13.3 Å². The molecular formula is C33H47BrN7OP. The Balaban J connectivity index is 1.36. The van der Waals surface area contributed by atoms with Gasteiger partial charge in [0, 0.05) is 68.9 Å². The van der Waals surface area contributed by atoms with Gasteiger partial charge in [-0.05, 0) is 91.1 Å². The van der Waals surface area contributed by atoms with Crippen molar-refractivity contribution in [3.05, 3.63) is 52.1 Å². The number of anilines is 5. The number of likely N-dealkylation sites (N-methyl/N-ethyl adjacent to an activating group) is 1. The quantitative estimate of drug-likeness (QED) is 0.243. The number of nitrogens with zero attached hydrogens (tertiary/aromatic N) is 5. The fourth-order valence-electron chi connectivity index (χ4n) is 6.13. The average molecular weight is 669 g/mol. The molecule has 2 aliphatic heterocycles. The molecule has 0 aliphatic carbocycles. The van der Waals surface area contributed by atoms with Crippen LogP contribution in [0.25, 0.3) is 0 Å². The third-order valence-corrected chi connectivity index (χ3v) is 10.6. The van der Waals surface area contributed by atoms with Crippen LogP contribution >= 0.6 is 23.9 Å². The highest BCUT2D eigenvalue weighted by Crippen LogP contribution is 2.40. The summed E-state index contributed by atoms with van der Waals surface area (Å²) in [7, 11) is 3.68. The molecule has 0 radical (unpaired) electrons. The highest BCUT2D eigenvalue weighted by Gasteiger charge is 2.28. The summed E-state index contributed by atoms with van der Waals surface area (Å²) >= 11 is 3.65. The largest absolute Gasteiger partial charge is 0.494 e. The van der Waals surface area contributed by atoms with Crippen LogP contribution < -0.4 is 25.6 Å². The van der Waals surface area contributed by atoms with Gasteiger partial charge in [0.1, 0.15) is 11.6 Å². The van der Waals surface area contributed by atoms with E-state index in [0.717, 1.165) is 40.5 Å². The van der Waals surface area contributed by atoms with E-state index in [1.807, 2.05) is 0 Å². The van der Waals surface area contributed by atoms with Crippen molar-refractivity contribution >= 4 is 58.0 Å². The first kappa shape index (κ1) is 32.0. The van der Waals surface area contributed by atoms with Crippen molar-refractivity contribution in [3.8, 4) is 5.75 Å². The molecule has 3 aromatic rings. The third-order valence-electron chi connectivity index (χ3n) is 8.71. The van der Waals surface area contributed by atoms with Gasteiger partial charge in [0.05, 0.1) is 17.3 Å². The number of aryl methyl sites for hydroxylation is 1. The summed E-state index contributed by atoms with van der Waals surface area (Å²) in [6, 6.07) is 11.6. The van der Waals surface area contributed by atoms with Crippen LogP contribution in [0.5, 0.6) is 5.75 Å². The van der Waals surface area contributed by atoms with Crippen molar-refractivity contribution in [2.75, 3.05) is 82.3 Å². The molecule has 0 atom stereocenters. The monoisotopic (exact) mass is 667 g/mol. The standard InChI is InChI=1S/C33H47BrN7OP/c1-22(2)25-19-28(30(42-5)20-29(25)41-12-10-24(11-13-41)40-16-14-39(4)15-17-40)37-33-35-21-26(34)32(38-33)36-27-9-8-23(3)18-31(27)43(6)7/h8-9,18-22,24H,10-17H2,1-7H3,(H2,35,36,37,38). The molecule has 10 heteroatoms. The summed E-state index contributed by atoms with van der Waals surface area (Å²) < 4.78 is 6.74. The van der Waals surface area contributed by atoms with Crippen LogP contribution in [0.3, 0.4) is 0 Å². The van der Waals surface area contributed by atoms with Crippen molar-refractivity contribution in [2.45, 2.75) is 45.6 Å². The Kier molecular flexibility index (Phi) is 10.5. The van der Waals surface area contributed by atoms with Gasteiger partial charge < -0.3 is 25.2 Å². The van der Waals surface area contributed by atoms with E-state index >= 15 is 0 Å². The number of hydrogen-bond donors (Lipinski definition) is 2. The third kappa shape index (κ3) is 7.62. The lowest BCUT2D eigenvalue weighted by Gasteiger charge is -2.43. The number of piperazine rings is 1. The van der Waals surface area contributed by atoms with E-state index in [2.05, 4.69) is 118 Å². The topological polar surface area (TPSA) is 68.8 Å². The molecule has 8 nitrogen and oxygen atoms in total. The van der Waals surface area contributed by atoms with Crippen LogP contribution in [-0.2, 0) is 0 Å². The maximum Gasteiger partial charge on any atom is 0.229 e. The Morgan fingerprint density at radius 1 is 0.977 bits per heavy atom. The van der Waals surface area contributed by atoms with Crippen LogP contribution in [0, 0.1) is 6.92 Å². The molecule has 3 heterocycles. The van der Waals surface area contributed by atoms with Crippen molar-refractivity contribution in [1.82, 2.24) is 19.8 Å². The molecule has 0 saturated carbocycles. The molecule has 2 saturated heterocycles. The Morgan fingerprint density at radius 3 is 2.35 bits per heavy atom. The van der Waals surface area contributed by atoms with Gasteiger partial charge in [-0.3, -0.25) is 4.90 Å². The van der Waals surface area contributed by atoms with E-state index < -0.39 is 0 Å². The van der Waals surface area contributed by atoms with Crippen LogP contribution in [0.1, 0.15) is 43.7 Å². The van der Waals surface area contributed by atoms with Crippen LogP contribution in [-0.4, -0.2) is 92.6 Å². The first-order chi connectivity index (χ1) is 20.6. The van der Waals surface area contributed by atoms with Gasteiger partial charge in [0.25, 0.3) is 0 Å². The van der Waals surface area contributed by atoms with Crippen molar-refractivity contribution in [3.63, 3.8) is 0 Å². The number of piperidine rings is 1. The second-order valence-corrected chi connectivity index (χ2v) is 15.5. The number of ether oxygens (including phenoxy) is 1. The maximum absolute atomic E-state index is 5.93. The minimum Gasteiger partial charge on any atom is -0.494 e. The predicted molar refractivity (Wildman–Crippen MR) is 187 cm³/mol. The zero-order valence-electron chi connectivity index (χ0n) is 26.7. The molecule has 1 aromatic heterocycles. The fraction of sp³-hybridized carbons (Fsp3) is 0.515. The molecule has 2 aliphatic rings. The van der Waals surface area contributed by atoms with E-state index in [1.165, 1.54) is 61.1 Å². The molecule has 0 spiro atoms. The number of rotatable bonds is 9. The minimum absolute atomic E-state index is 0.281. The van der Waals surface area contributed by atoms with E-state index in [-0.39, 0.29) is 7.92 Å². The second-order valence-electron chi connectivity index (χ2n) is 12.4. The molecule has 0 bridgehead atoms. The maximum atomic E-state index is 5.93. The minimum atomic E-state index is -0.281. The lowest BCUT2D eigenvalue weighted by molar-refractivity contribution is 0.0982. The first-order valence-corrected chi connectivity index (χ1v) is 18.4. The molecule has 0 amide bonds. The number of nitrogens with one attached hydrogen (secondary N) is 2. The molecule has 0 unspecified atom stereocenters. The molecule has 5 rings (SSSR count). The number of methoxy groups -OCH3 is 1. The normalized spacial score (nSPS) is 17.1. The summed E-state index contributed by atoms with van der Waals surface area (Å²) in [5, 5.41) is 8.34. The smallest absolute Gasteiger partial charge is 0.229 e. The van der Waals surface area contributed by atoms with Crippen LogP contribution in [0.2, 0.25) is 0 Å². The Morgan fingerprint density at radius 2 is 1.70 bits per heavy atom. The highest BCUT2D eigenvalue weighted by atomic mass is 79.9.